The molecule has 0 saturated heterocycles. The van der Waals surface area contributed by atoms with Crippen LogP contribution in [0.3, 0.4) is 0 Å². The number of nitrogens with zero attached hydrogens (tertiary/aromatic N) is 2. The summed E-state index contributed by atoms with van der Waals surface area (Å²) < 4.78 is 11.3. The third kappa shape index (κ3) is 3.50. The van der Waals surface area contributed by atoms with E-state index >= 15 is 0 Å². The highest BCUT2D eigenvalue weighted by Crippen LogP contribution is 2.35. The minimum Gasteiger partial charge on any atom is -0.493 e. The lowest BCUT2D eigenvalue weighted by Crippen LogP contribution is -2.40. The van der Waals surface area contributed by atoms with E-state index < -0.39 is 0 Å². The molecule has 23 heavy (non-hydrogen) atoms. The maximum Gasteiger partial charge on any atom is 0.164 e. The third-order valence-electron chi connectivity index (χ3n) is 4.39. The normalized spacial score (nSPS) is 17.0. The Balaban J connectivity index is 1.65. The van der Waals surface area contributed by atoms with Crippen LogP contribution in [0.2, 0.25) is 0 Å². The summed E-state index contributed by atoms with van der Waals surface area (Å²) in [4.78, 5) is 2.33. The minimum atomic E-state index is 0.354. The third-order valence-corrected chi connectivity index (χ3v) is 4.39. The molecule has 1 unspecified atom stereocenters. The number of aryl methyl sites for hydroxylation is 1. The molecule has 0 bridgehead atoms. The van der Waals surface area contributed by atoms with Gasteiger partial charge in [0.2, 0.25) is 0 Å². The van der Waals surface area contributed by atoms with E-state index in [0.717, 1.165) is 48.7 Å². The maximum absolute atomic E-state index is 5.97. The van der Waals surface area contributed by atoms with E-state index in [9.17, 15) is 0 Å². The number of fused-ring (bicyclic) bond motifs is 1. The highest BCUT2D eigenvalue weighted by atomic mass is 16.5. The number of H-pyrrole nitrogens is 1. The Bertz CT molecular complexity index is 653. The van der Waals surface area contributed by atoms with Gasteiger partial charge in [-0.1, -0.05) is 25.5 Å². The van der Waals surface area contributed by atoms with Gasteiger partial charge >= 0.3 is 0 Å². The number of benzene rings is 1. The minimum absolute atomic E-state index is 0.354. The number of aromatic amines is 1. The molecule has 0 radical (unpaired) electrons. The van der Waals surface area contributed by atoms with E-state index in [0.29, 0.717) is 12.6 Å². The molecule has 0 aliphatic carbocycles. The number of nitrogens with one attached hydrogen (secondary N) is 1. The molecule has 5 heteroatoms. The van der Waals surface area contributed by atoms with Crippen LogP contribution in [-0.2, 0) is 19.4 Å². The van der Waals surface area contributed by atoms with Crippen molar-refractivity contribution in [2.75, 3.05) is 20.8 Å². The average Bonchev–Trinajstić information content (AvgIpc) is 3.01. The summed E-state index contributed by atoms with van der Waals surface area (Å²) in [6.45, 7) is 3.70. The van der Waals surface area contributed by atoms with Crippen LogP contribution >= 0.6 is 0 Å². The second kappa shape index (κ2) is 7.04. The molecule has 2 heterocycles. The van der Waals surface area contributed by atoms with Crippen LogP contribution in [0, 0.1) is 0 Å². The number of likely N-dealkylation sites (N-methyl/N-ethyl adjacent to an activating group) is 1. The lowest BCUT2D eigenvalue weighted by atomic mass is 10.0. The number of rotatable bonds is 6. The van der Waals surface area contributed by atoms with Crippen molar-refractivity contribution in [2.45, 2.75) is 38.8 Å². The van der Waals surface area contributed by atoms with Crippen molar-refractivity contribution in [3.63, 3.8) is 0 Å². The van der Waals surface area contributed by atoms with Gasteiger partial charge in [0.05, 0.1) is 12.8 Å². The summed E-state index contributed by atoms with van der Waals surface area (Å²) in [5.41, 5.74) is 3.52. The largest absolute Gasteiger partial charge is 0.493 e. The number of hydrogen-bond donors (Lipinski definition) is 1. The van der Waals surface area contributed by atoms with E-state index in [1.807, 2.05) is 12.1 Å². The zero-order chi connectivity index (χ0) is 16.2. The molecule has 0 amide bonds. The Morgan fingerprint density at radius 3 is 3.09 bits per heavy atom. The topological polar surface area (TPSA) is 50.4 Å². The lowest BCUT2D eigenvalue weighted by Gasteiger charge is -2.32. The summed E-state index contributed by atoms with van der Waals surface area (Å²) in [6, 6.07) is 8.61. The molecule has 1 aliphatic heterocycles. The van der Waals surface area contributed by atoms with E-state index in [4.69, 9.17) is 9.47 Å². The van der Waals surface area contributed by atoms with Gasteiger partial charge in [-0.3, -0.25) is 10.00 Å². The summed E-state index contributed by atoms with van der Waals surface area (Å²) in [5.74, 6) is 1.72. The van der Waals surface area contributed by atoms with Crippen LogP contribution < -0.4 is 9.47 Å². The summed E-state index contributed by atoms with van der Waals surface area (Å²) in [6.07, 6.45) is 3.12. The molecule has 0 saturated carbocycles. The van der Waals surface area contributed by atoms with Gasteiger partial charge in [-0.25, -0.2) is 0 Å². The van der Waals surface area contributed by atoms with E-state index in [-0.39, 0.29) is 0 Å². The fraction of sp³-hybridized carbons (Fsp3) is 0.500. The van der Waals surface area contributed by atoms with Crippen LogP contribution in [0.25, 0.3) is 0 Å². The van der Waals surface area contributed by atoms with Crippen molar-refractivity contribution in [1.82, 2.24) is 15.1 Å². The van der Waals surface area contributed by atoms with Gasteiger partial charge < -0.3 is 9.47 Å². The standard InChI is InChI=1S/C18H25N3O2/c1-4-6-14-10-15(20-19-14)11-21(2)16-9-13-7-5-8-17(22-3)18(13)23-12-16/h5,7-8,10,16H,4,6,9,11-12H2,1-3H3,(H,19,20). The van der Waals surface area contributed by atoms with Crippen molar-refractivity contribution in [3.8, 4) is 11.5 Å². The number of methoxy groups -OCH3 is 1. The first-order valence-electron chi connectivity index (χ1n) is 8.23. The molecule has 1 N–H and O–H groups in total. The highest BCUT2D eigenvalue weighted by molar-refractivity contribution is 5.48. The lowest BCUT2D eigenvalue weighted by molar-refractivity contribution is 0.133. The molecule has 124 valence electrons. The first-order valence-corrected chi connectivity index (χ1v) is 8.23. The fourth-order valence-electron chi connectivity index (χ4n) is 3.09. The van der Waals surface area contributed by atoms with E-state index in [1.54, 1.807) is 7.11 Å². The van der Waals surface area contributed by atoms with Crippen molar-refractivity contribution in [2.24, 2.45) is 0 Å². The molecule has 1 aromatic carbocycles. The van der Waals surface area contributed by atoms with E-state index in [1.165, 1.54) is 5.56 Å². The molecule has 5 nitrogen and oxygen atoms in total. The number of ether oxygens (including phenoxy) is 2. The second-order valence-corrected chi connectivity index (χ2v) is 6.17. The molecule has 3 rings (SSSR count). The van der Waals surface area contributed by atoms with Gasteiger partial charge in [0.15, 0.2) is 11.5 Å². The SMILES string of the molecule is CCCc1cc(CN(C)C2COc3c(cccc3OC)C2)[nH]n1. The molecule has 0 spiro atoms. The second-order valence-electron chi connectivity index (χ2n) is 6.17. The predicted molar refractivity (Wildman–Crippen MR) is 90.0 cm³/mol. The molecular formula is C18H25N3O2. The Hall–Kier alpha value is -2.01. The molecule has 2 aromatic rings. The molecule has 1 aromatic heterocycles. The zero-order valence-corrected chi connectivity index (χ0v) is 14.1. The fourth-order valence-corrected chi connectivity index (χ4v) is 3.09. The van der Waals surface area contributed by atoms with E-state index in [2.05, 4.69) is 41.2 Å². The average molecular weight is 315 g/mol. The monoisotopic (exact) mass is 315 g/mol. The number of aromatic nitrogens is 2. The van der Waals surface area contributed by atoms with Crippen molar-refractivity contribution in [3.05, 3.63) is 41.2 Å². The molecule has 1 atom stereocenters. The van der Waals surface area contributed by atoms with Crippen LogP contribution in [-0.4, -0.2) is 41.9 Å². The first-order chi connectivity index (χ1) is 11.2. The Labute approximate surface area is 137 Å². The number of hydrogen-bond acceptors (Lipinski definition) is 4. The van der Waals surface area contributed by atoms with Crippen molar-refractivity contribution >= 4 is 0 Å². The van der Waals surface area contributed by atoms with Gasteiger partial charge in [-0.05, 0) is 37.6 Å². The van der Waals surface area contributed by atoms with Gasteiger partial charge in [0.1, 0.15) is 6.61 Å². The smallest absolute Gasteiger partial charge is 0.164 e. The highest BCUT2D eigenvalue weighted by Gasteiger charge is 2.25. The zero-order valence-electron chi connectivity index (χ0n) is 14.1. The van der Waals surface area contributed by atoms with Crippen molar-refractivity contribution < 1.29 is 9.47 Å². The Morgan fingerprint density at radius 1 is 1.43 bits per heavy atom. The molecular weight excluding hydrogens is 290 g/mol. The summed E-state index contributed by atoms with van der Waals surface area (Å²) in [7, 11) is 3.82. The van der Waals surface area contributed by atoms with Crippen LogP contribution in [0.15, 0.2) is 24.3 Å². The maximum atomic E-state index is 5.97. The number of para-hydroxylation sites is 1. The summed E-state index contributed by atoms with van der Waals surface area (Å²) >= 11 is 0. The first kappa shape index (κ1) is 15.9. The van der Waals surface area contributed by atoms with Crippen LogP contribution in [0.1, 0.15) is 30.3 Å². The van der Waals surface area contributed by atoms with Gasteiger partial charge in [-0.15, -0.1) is 0 Å². The Morgan fingerprint density at radius 2 is 2.30 bits per heavy atom. The Kier molecular flexibility index (Phi) is 4.86. The van der Waals surface area contributed by atoms with Gasteiger partial charge in [-0.2, -0.15) is 5.10 Å². The predicted octanol–water partition coefficient (Wildman–Crippen LogP) is 2.81. The van der Waals surface area contributed by atoms with Gasteiger partial charge in [0.25, 0.3) is 0 Å². The quantitative estimate of drug-likeness (QED) is 0.890. The van der Waals surface area contributed by atoms with Crippen molar-refractivity contribution in [1.29, 1.82) is 0 Å². The van der Waals surface area contributed by atoms with Crippen LogP contribution in [0.4, 0.5) is 0 Å². The van der Waals surface area contributed by atoms with Crippen LogP contribution in [0.5, 0.6) is 11.5 Å². The molecule has 1 aliphatic rings. The summed E-state index contributed by atoms with van der Waals surface area (Å²) in [5, 5.41) is 7.51. The molecule has 0 fully saturated rings. The van der Waals surface area contributed by atoms with Gasteiger partial charge in [0, 0.05) is 18.3 Å².